The lowest BCUT2D eigenvalue weighted by molar-refractivity contribution is -0.113. The van der Waals surface area contributed by atoms with Crippen LogP contribution < -0.4 is 20.3 Å². The van der Waals surface area contributed by atoms with Crippen LogP contribution >= 0.6 is 23.1 Å². The van der Waals surface area contributed by atoms with Crippen molar-refractivity contribution in [3.05, 3.63) is 64.3 Å². The van der Waals surface area contributed by atoms with Crippen molar-refractivity contribution >= 4 is 44.9 Å². The van der Waals surface area contributed by atoms with E-state index in [1.807, 2.05) is 35.7 Å². The number of carbonyl (C=O) groups is 1. The molecule has 2 aromatic carbocycles. The van der Waals surface area contributed by atoms with E-state index in [2.05, 4.69) is 5.32 Å². The highest BCUT2D eigenvalue weighted by atomic mass is 32.2. The number of carbonyl (C=O) groups excluding carboxylic acids is 1. The summed E-state index contributed by atoms with van der Waals surface area (Å²) in [5.74, 6) is 1.17. The Kier molecular flexibility index (Phi) is 5.13. The number of ether oxygens (including phenoxy) is 2. The van der Waals surface area contributed by atoms with Crippen LogP contribution in [0, 0.1) is 0 Å². The van der Waals surface area contributed by atoms with Gasteiger partial charge >= 0.3 is 0 Å². The zero-order chi connectivity index (χ0) is 21.4. The number of aromatic nitrogens is 2. The van der Waals surface area contributed by atoms with Gasteiger partial charge in [0.25, 0.3) is 5.56 Å². The second-order valence-corrected chi connectivity index (χ2v) is 8.68. The van der Waals surface area contributed by atoms with E-state index in [1.165, 1.54) is 27.7 Å². The van der Waals surface area contributed by atoms with E-state index < -0.39 is 0 Å². The summed E-state index contributed by atoms with van der Waals surface area (Å²) in [6.45, 7) is 0.179. The molecule has 0 atom stereocenters. The maximum atomic E-state index is 12.8. The number of nitrogens with one attached hydrogen (secondary N) is 1. The molecule has 0 saturated heterocycles. The quantitative estimate of drug-likeness (QED) is 0.363. The second kappa shape index (κ2) is 8.09. The zero-order valence-corrected chi connectivity index (χ0v) is 18.1. The summed E-state index contributed by atoms with van der Waals surface area (Å²) in [6.07, 6.45) is 0. The number of benzene rings is 2. The molecule has 9 heteroatoms. The first-order valence-electron chi connectivity index (χ1n) is 9.46. The molecule has 1 aliphatic rings. The molecule has 1 amide bonds. The monoisotopic (exact) mass is 451 g/mol. The van der Waals surface area contributed by atoms with Crippen molar-refractivity contribution in [2.45, 2.75) is 5.16 Å². The van der Waals surface area contributed by atoms with Crippen LogP contribution in [0.5, 0.6) is 11.5 Å². The van der Waals surface area contributed by atoms with Crippen molar-refractivity contribution in [3.63, 3.8) is 0 Å². The minimum absolute atomic E-state index is 0.115. The minimum Gasteiger partial charge on any atom is -0.454 e. The van der Waals surface area contributed by atoms with Gasteiger partial charge in [-0.2, -0.15) is 0 Å². The molecule has 3 heterocycles. The van der Waals surface area contributed by atoms with Gasteiger partial charge < -0.3 is 14.8 Å². The van der Waals surface area contributed by atoms with Crippen molar-refractivity contribution in [2.75, 3.05) is 17.9 Å². The van der Waals surface area contributed by atoms with E-state index >= 15 is 0 Å². The highest BCUT2D eigenvalue weighted by molar-refractivity contribution is 7.99. The molecule has 156 valence electrons. The Balaban J connectivity index is 1.37. The highest BCUT2D eigenvalue weighted by Gasteiger charge is 2.17. The van der Waals surface area contributed by atoms with Crippen molar-refractivity contribution in [3.8, 4) is 22.6 Å². The number of rotatable bonds is 5. The molecule has 0 saturated carbocycles. The fourth-order valence-electron chi connectivity index (χ4n) is 3.28. The Bertz CT molecular complexity index is 1350. The molecule has 0 aliphatic carbocycles. The van der Waals surface area contributed by atoms with Gasteiger partial charge in [0.15, 0.2) is 16.7 Å². The van der Waals surface area contributed by atoms with Crippen LogP contribution in [0.4, 0.5) is 5.69 Å². The first-order valence-corrected chi connectivity index (χ1v) is 11.3. The van der Waals surface area contributed by atoms with Gasteiger partial charge in [0.1, 0.15) is 4.70 Å². The molecule has 1 N–H and O–H groups in total. The number of nitrogens with zero attached hydrogens (tertiary/aromatic N) is 2. The first kappa shape index (κ1) is 19.7. The molecule has 1 aliphatic heterocycles. The van der Waals surface area contributed by atoms with Gasteiger partial charge in [0.2, 0.25) is 12.7 Å². The van der Waals surface area contributed by atoms with E-state index in [4.69, 9.17) is 14.5 Å². The molecule has 4 aromatic rings. The van der Waals surface area contributed by atoms with Crippen LogP contribution in [0.25, 0.3) is 21.3 Å². The largest absolute Gasteiger partial charge is 0.454 e. The van der Waals surface area contributed by atoms with Gasteiger partial charge in [0, 0.05) is 29.7 Å². The number of thioether (sulfide) groups is 1. The number of hydrogen-bond donors (Lipinski definition) is 1. The van der Waals surface area contributed by atoms with Gasteiger partial charge in [-0.15, -0.1) is 11.3 Å². The standard InChI is InChI=1S/C22H17N3O4S2/c1-25-21(27)20-19(15(10-30-20)13-5-3-2-4-6-13)24-22(25)31-11-18(26)23-14-7-8-16-17(9-14)29-12-28-16/h2-10H,11-12H2,1H3,(H,23,26). The molecular weight excluding hydrogens is 434 g/mol. The smallest absolute Gasteiger partial charge is 0.271 e. The first-order chi connectivity index (χ1) is 15.1. The molecule has 0 unspecified atom stereocenters. The maximum absolute atomic E-state index is 12.8. The normalized spacial score (nSPS) is 12.3. The number of fused-ring (bicyclic) bond motifs is 2. The molecule has 0 fully saturated rings. The molecule has 0 spiro atoms. The number of anilines is 1. The van der Waals surface area contributed by atoms with Gasteiger partial charge in [0.05, 0.1) is 11.3 Å². The summed E-state index contributed by atoms with van der Waals surface area (Å²) in [6, 6.07) is 15.1. The number of amides is 1. The van der Waals surface area contributed by atoms with Gasteiger partial charge in [-0.25, -0.2) is 4.98 Å². The SMILES string of the molecule is Cn1c(SCC(=O)Nc2ccc3c(c2)OCO3)nc2c(-c3ccccc3)csc2c1=O. The van der Waals surface area contributed by atoms with Gasteiger partial charge in [-0.05, 0) is 17.7 Å². The van der Waals surface area contributed by atoms with Crippen LogP contribution in [0.15, 0.2) is 63.9 Å². The zero-order valence-electron chi connectivity index (χ0n) is 16.5. The Labute approximate surface area is 185 Å². The lowest BCUT2D eigenvalue weighted by Crippen LogP contribution is -2.20. The van der Waals surface area contributed by atoms with E-state index in [0.717, 1.165) is 11.1 Å². The fourth-order valence-corrected chi connectivity index (χ4v) is 5.03. The van der Waals surface area contributed by atoms with Crippen molar-refractivity contribution in [2.24, 2.45) is 7.05 Å². The highest BCUT2D eigenvalue weighted by Crippen LogP contribution is 2.34. The second-order valence-electron chi connectivity index (χ2n) is 6.86. The van der Waals surface area contributed by atoms with Crippen LogP contribution in [0.3, 0.4) is 0 Å². The third kappa shape index (κ3) is 3.77. The van der Waals surface area contributed by atoms with Crippen molar-refractivity contribution < 1.29 is 14.3 Å². The topological polar surface area (TPSA) is 82.5 Å². The summed E-state index contributed by atoms with van der Waals surface area (Å²) >= 11 is 2.61. The fraction of sp³-hybridized carbons (Fsp3) is 0.136. The van der Waals surface area contributed by atoms with E-state index in [9.17, 15) is 9.59 Å². The Morgan fingerprint density at radius 1 is 1.19 bits per heavy atom. The lowest BCUT2D eigenvalue weighted by atomic mass is 10.1. The average Bonchev–Trinajstić information content (AvgIpc) is 3.42. The van der Waals surface area contributed by atoms with Crippen molar-refractivity contribution in [1.29, 1.82) is 0 Å². The Morgan fingerprint density at radius 3 is 2.84 bits per heavy atom. The minimum atomic E-state index is -0.202. The van der Waals surface area contributed by atoms with Crippen LogP contribution in [0.2, 0.25) is 0 Å². The lowest BCUT2D eigenvalue weighted by Gasteiger charge is -2.09. The summed E-state index contributed by atoms with van der Waals surface area (Å²) in [4.78, 5) is 30.0. The molecule has 0 bridgehead atoms. The molecule has 5 rings (SSSR count). The van der Waals surface area contributed by atoms with E-state index in [-0.39, 0.29) is 24.0 Å². The summed E-state index contributed by atoms with van der Waals surface area (Å²) in [5.41, 5.74) is 3.10. The molecule has 2 aromatic heterocycles. The Hall–Kier alpha value is -3.30. The maximum Gasteiger partial charge on any atom is 0.271 e. The summed E-state index contributed by atoms with van der Waals surface area (Å²) < 4.78 is 12.7. The predicted molar refractivity (Wildman–Crippen MR) is 122 cm³/mol. The molecule has 0 radical (unpaired) electrons. The average molecular weight is 452 g/mol. The third-order valence-corrected chi connectivity index (χ3v) is 6.82. The molecular formula is C22H17N3O4S2. The summed E-state index contributed by atoms with van der Waals surface area (Å²) in [7, 11) is 1.68. The predicted octanol–water partition coefficient (Wildman–Crippen LogP) is 4.12. The van der Waals surface area contributed by atoms with Gasteiger partial charge in [-0.3, -0.25) is 14.2 Å². The Morgan fingerprint density at radius 2 is 2.00 bits per heavy atom. The third-order valence-electron chi connectivity index (χ3n) is 4.83. The van der Waals surface area contributed by atoms with E-state index in [1.54, 1.807) is 25.2 Å². The molecule has 7 nitrogen and oxygen atoms in total. The van der Waals surface area contributed by atoms with E-state index in [0.29, 0.717) is 32.6 Å². The number of thiophene rings is 1. The van der Waals surface area contributed by atoms with Crippen molar-refractivity contribution in [1.82, 2.24) is 9.55 Å². The number of hydrogen-bond acceptors (Lipinski definition) is 7. The van der Waals surface area contributed by atoms with Crippen LogP contribution in [0.1, 0.15) is 0 Å². The van der Waals surface area contributed by atoms with Crippen LogP contribution in [-0.2, 0) is 11.8 Å². The van der Waals surface area contributed by atoms with Gasteiger partial charge in [-0.1, -0.05) is 42.1 Å². The molecule has 31 heavy (non-hydrogen) atoms. The van der Waals surface area contributed by atoms with Crippen LogP contribution in [-0.4, -0.2) is 28.0 Å². The summed E-state index contributed by atoms with van der Waals surface area (Å²) in [5, 5.41) is 5.28.